The van der Waals surface area contributed by atoms with Gasteiger partial charge < -0.3 is 10.4 Å². The van der Waals surface area contributed by atoms with Crippen molar-refractivity contribution in [1.29, 1.82) is 0 Å². The molecule has 4 heterocycles. The van der Waals surface area contributed by atoms with E-state index in [-0.39, 0.29) is 12.1 Å². The highest BCUT2D eigenvalue weighted by Crippen LogP contribution is 2.24. The highest BCUT2D eigenvalue weighted by molar-refractivity contribution is 5.72. The smallest absolute Gasteiger partial charge is 0.225 e. The molecule has 1 aliphatic rings. The largest absolute Gasteiger partial charge is 0.393 e. The zero-order chi connectivity index (χ0) is 22.9. The topological polar surface area (TPSA) is 119 Å². The van der Waals surface area contributed by atoms with Crippen molar-refractivity contribution in [2.45, 2.75) is 38.0 Å². The van der Waals surface area contributed by atoms with Crippen LogP contribution in [0.15, 0.2) is 67.4 Å². The number of aromatic nitrogens is 8. The number of nitrogens with zero attached hydrogens (tertiary/aromatic N) is 8. The fourth-order valence-corrected chi connectivity index (χ4v) is 4.32. The summed E-state index contributed by atoms with van der Waals surface area (Å²) >= 11 is 0. The van der Waals surface area contributed by atoms with Gasteiger partial charge >= 0.3 is 0 Å². The summed E-state index contributed by atoms with van der Waals surface area (Å²) in [6, 6.07) is 12.2. The molecule has 34 heavy (non-hydrogen) atoms. The minimum absolute atomic E-state index is 0.176. The average Bonchev–Trinajstić information content (AvgIpc) is 3.60. The summed E-state index contributed by atoms with van der Waals surface area (Å²) in [5.74, 6) is 0.521. The lowest BCUT2D eigenvalue weighted by Gasteiger charge is -2.11. The van der Waals surface area contributed by atoms with Crippen LogP contribution < -0.4 is 5.32 Å². The third-order valence-corrected chi connectivity index (χ3v) is 6.08. The molecule has 0 bridgehead atoms. The van der Waals surface area contributed by atoms with E-state index in [0.29, 0.717) is 30.1 Å². The molecule has 0 spiro atoms. The zero-order valence-electron chi connectivity index (χ0n) is 18.4. The van der Waals surface area contributed by atoms with Crippen LogP contribution in [0.25, 0.3) is 28.0 Å². The third kappa shape index (κ3) is 4.11. The molecule has 1 saturated carbocycles. The highest BCUT2D eigenvalue weighted by Gasteiger charge is 2.23. The highest BCUT2D eigenvalue weighted by atomic mass is 16.3. The maximum absolute atomic E-state index is 9.77. The zero-order valence-corrected chi connectivity index (χ0v) is 18.4. The second-order valence-electron chi connectivity index (χ2n) is 8.55. The van der Waals surface area contributed by atoms with Crippen molar-refractivity contribution in [2.24, 2.45) is 0 Å². The maximum Gasteiger partial charge on any atom is 0.225 e. The van der Waals surface area contributed by atoms with Crippen LogP contribution in [0.1, 0.15) is 24.8 Å². The van der Waals surface area contributed by atoms with E-state index in [4.69, 9.17) is 0 Å². The minimum Gasteiger partial charge on any atom is -0.393 e. The van der Waals surface area contributed by atoms with Gasteiger partial charge in [0.2, 0.25) is 5.95 Å². The van der Waals surface area contributed by atoms with Crippen LogP contribution in [0.4, 0.5) is 5.95 Å². The van der Waals surface area contributed by atoms with Gasteiger partial charge in [-0.1, -0.05) is 23.4 Å². The van der Waals surface area contributed by atoms with Gasteiger partial charge in [0.1, 0.15) is 0 Å². The van der Waals surface area contributed by atoms with Crippen molar-refractivity contribution < 1.29 is 5.11 Å². The van der Waals surface area contributed by atoms with E-state index < -0.39 is 0 Å². The van der Waals surface area contributed by atoms with Crippen LogP contribution in [-0.2, 0) is 6.54 Å². The first-order valence-corrected chi connectivity index (χ1v) is 11.3. The number of fused-ring (bicyclic) bond motifs is 1. The average molecular weight is 454 g/mol. The molecule has 10 nitrogen and oxygen atoms in total. The normalized spacial score (nSPS) is 17.9. The van der Waals surface area contributed by atoms with Gasteiger partial charge in [-0.25, -0.2) is 4.98 Å². The van der Waals surface area contributed by atoms with Gasteiger partial charge in [0.15, 0.2) is 11.2 Å². The predicted molar refractivity (Wildman–Crippen MR) is 126 cm³/mol. The van der Waals surface area contributed by atoms with Crippen molar-refractivity contribution in [1.82, 2.24) is 39.7 Å². The van der Waals surface area contributed by atoms with Crippen molar-refractivity contribution >= 4 is 17.1 Å². The second-order valence-corrected chi connectivity index (χ2v) is 8.55. The number of anilines is 1. The van der Waals surface area contributed by atoms with Gasteiger partial charge in [0.25, 0.3) is 0 Å². The molecule has 2 atom stereocenters. The molecule has 5 aromatic rings. The summed E-state index contributed by atoms with van der Waals surface area (Å²) in [7, 11) is 0. The molecule has 2 N–H and O–H groups in total. The first-order valence-electron chi connectivity index (χ1n) is 11.3. The Labute approximate surface area is 195 Å². The molecular formula is C24H23N9O. The number of benzene rings is 1. The molecule has 2 unspecified atom stereocenters. The number of aliphatic hydroxyl groups excluding tert-OH is 1. The van der Waals surface area contributed by atoms with Gasteiger partial charge in [-0.15, -0.1) is 5.10 Å². The number of pyridine rings is 1. The Morgan fingerprint density at radius 1 is 1.03 bits per heavy atom. The number of nitrogens with one attached hydrogen (secondary N) is 1. The molecular weight excluding hydrogens is 430 g/mol. The van der Waals surface area contributed by atoms with E-state index in [1.54, 1.807) is 17.1 Å². The van der Waals surface area contributed by atoms with Crippen LogP contribution in [0.5, 0.6) is 0 Å². The second kappa shape index (κ2) is 8.64. The summed E-state index contributed by atoms with van der Waals surface area (Å²) in [6.07, 6.45) is 11.3. The molecule has 0 amide bonds. The minimum atomic E-state index is -0.255. The van der Waals surface area contributed by atoms with Crippen molar-refractivity contribution in [3.8, 4) is 16.8 Å². The first kappa shape index (κ1) is 20.4. The molecule has 10 heteroatoms. The van der Waals surface area contributed by atoms with Crippen LogP contribution in [0.2, 0.25) is 0 Å². The molecule has 6 rings (SSSR count). The Kier molecular flexibility index (Phi) is 5.19. The van der Waals surface area contributed by atoms with Gasteiger partial charge in [-0.2, -0.15) is 14.8 Å². The number of aliphatic hydroxyl groups is 1. The summed E-state index contributed by atoms with van der Waals surface area (Å²) in [6.45, 7) is 0.673. The Morgan fingerprint density at radius 3 is 2.74 bits per heavy atom. The van der Waals surface area contributed by atoms with Crippen molar-refractivity contribution in [3.63, 3.8) is 0 Å². The van der Waals surface area contributed by atoms with Crippen LogP contribution in [-0.4, -0.2) is 57.0 Å². The lowest BCUT2D eigenvalue weighted by molar-refractivity contribution is 0.182. The Hall–Kier alpha value is -4.18. The molecule has 1 fully saturated rings. The maximum atomic E-state index is 9.77. The van der Waals surface area contributed by atoms with E-state index >= 15 is 0 Å². The van der Waals surface area contributed by atoms with E-state index in [2.05, 4.69) is 35.7 Å². The van der Waals surface area contributed by atoms with E-state index in [1.165, 1.54) is 0 Å². The molecule has 0 radical (unpaired) electrons. The number of hydrogen-bond acceptors (Lipinski definition) is 8. The molecule has 170 valence electrons. The van der Waals surface area contributed by atoms with E-state index in [9.17, 15) is 5.11 Å². The SMILES string of the molecule is OC1CCC(Nc2ncc3nnn(-c4ccc(-c5cnn(Cc6cccnc6)c5)cc4)c3n2)C1. The Bertz CT molecular complexity index is 1410. The summed E-state index contributed by atoms with van der Waals surface area (Å²) < 4.78 is 3.61. The molecule has 1 aliphatic carbocycles. The standard InChI is InChI=1S/C24H23N9O/c34-21-8-5-19(10-21)28-24-26-13-22-23(29-24)33(31-30-22)20-6-3-17(4-7-20)18-12-27-32(15-18)14-16-2-1-9-25-11-16/h1-4,6-7,9,11-13,15,19,21,34H,5,8,10,14H2,(H,26,28,29). The molecule has 4 aromatic heterocycles. The summed E-state index contributed by atoms with van der Waals surface area (Å²) in [5.41, 5.74) is 5.31. The number of hydrogen-bond donors (Lipinski definition) is 2. The third-order valence-electron chi connectivity index (χ3n) is 6.08. The Balaban J connectivity index is 1.22. The van der Waals surface area contributed by atoms with E-state index in [0.717, 1.165) is 35.2 Å². The quantitative estimate of drug-likeness (QED) is 0.403. The Morgan fingerprint density at radius 2 is 1.94 bits per heavy atom. The summed E-state index contributed by atoms with van der Waals surface area (Å²) in [4.78, 5) is 13.2. The van der Waals surface area contributed by atoms with Gasteiger partial charge in [-0.3, -0.25) is 9.67 Å². The van der Waals surface area contributed by atoms with Crippen LogP contribution >= 0.6 is 0 Å². The lowest BCUT2D eigenvalue weighted by Crippen LogP contribution is -2.18. The number of rotatable bonds is 6. The predicted octanol–water partition coefficient (Wildman–Crippen LogP) is 2.84. The lowest BCUT2D eigenvalue weighted by atomic mass is 10.1. The molecule has 0 saturated heterocycles. The molecule has 1 aromatic carbocycles. The van der Waals surface area contributed by atoms with Gasteiger partial charge in [0.05, 0.1) is 30.7 Å². The van der Waals surface area contributed by atoms with Crippen molar-refractivity contribution in [2.75, 3.05) is 5.32 Å². The summed E-state index contributed by atoms with van der Waals surface area (Å²) in [5, 5.41) is 26.0. The molecule has 0 aliphatic heterocycles. The van der Waals surface area contributed by atoms with E-state index in [1.807, 2.05) is 59.7 Å². The van der Waals surface area contributed by atoms with Crippen LogP contribution in [0, 0.1) is 0 Å². The van der Waals surface area contributed by atoms with Gasteiger partial charge in [0, 0.05) is 30.2 Å². The van der Waals surface area contributed by atoms with Crippen molar-refractivity contribution in [3.05, 3.63) is 72.9 Å². The fraction of sp³-hybridized carbons (Fsp3) is 0.250. The van der Waals surface area contributed by atoms with Crippen LogP contribution in [0.3, 0.4) is 0 Å². The first-order chi connectivity index (χ1) is 16.7. The fourth-order valence-electron chi connectivity index (χ4n) is 4.32. The van der Waals surface area contributed by atoms with Gasteiger partial charge in [-0.05, 0) is 48.6 Å². The monoisotopic (exact) mass is 453 g/mol.